The zero-order valence-electron chi connectivity index (χ0n) is 16.7. The van der Waals surface area contributed by atoms with Gasteiger partial charge in [0.1, 0.15) is 0 Å². The standard InChI is InChI=1S/C20H29BrF2O3Si/c1-12(2)27(13(3)4,14(5)6)26-11-19(18(24)25)17(20(19,22)23)15-7-9-16(21)10-8-15/h7-10,12-14,17H,11H2,1-6H3,(H,24,25)/q-1. The molecule has 0 spiro atoms. The molecule has 0 aliphatic heterocycles. The lowest BCUT2D eigenvalue weighted by atomic mass is 10.0. The maximum Gasteiger partial charge on any atom is 0.318 e. The van der Waals surface area contributed by atoms with Crippen molar-refractivity contribution in [3.05, 3.63) is 34.3 Å². The van der Waals surface area contributed by atoms with Crippen molar-refractivity contribution in [2.75, 3.05) is 6.61 Å². The minimum absolute atomic E-state index is 0.196. The fraction of sp³-hybridized carbons (Fsp3) is 0.650. The van der Waals surface area contributed by atoms with Crippen molar-refractivity contribution in [1.29, 1.82) is 0 Å². The van der Waals surface area contributed by atoms with Crippen LogP contribution in [-0.4, -0.2) is 31.9 Å². The zero-order valence-corrected chi connectivity index (χ0v) is 19.3. The first-order chi connectivity index (χ1) is 12.4. The van der Waals surface area contributed by atoms with E-state index in [0.717, 1.165) is 4.47 Å². The van der Waals surface area contributed by atoms with Gasteiger partial charge in [0.2, 0.25) is 0 Å². The Morgan fingerprint density at radius 3 is 1.93 bits per heavy atom. The first-order valence-electron chi connectivity index (χ1n) is 9.36. The molecule has 0 saturated heterocycles. The number of hydrogen-bond acceptors (Lipinski definition) is 2. The monoisotopic (exact) mass is 462 g/mol. The lowest BCUT2D eigenvalue weighted by Crippen LogP contribution is -2.50. The Morgan fingerprint density at radius 1 is 1.11 bits per heavy atom. The van der Waals surface area contributed by atoms with E-state index in [1.165, 1.54) is 0 Å². The number of halogens is 3. The molecule has 1 aliphatic rings. The van der Waals surface area contributed by atoms with E-state index in [1.54, 1.807) is 24.3 Å². The fourth-order valence-electron chi connectivity index (χ4n) is 4.85. The number of benzene rings is 1. The molecule has 1 fully saturated rings. The van der Waals surface area contributed by atoms with Gasteiger partial charge in [-0.1, -0.05) is 69.6 Å². The number of carboxylic acids is 1. The molecule has 7 heteroatoms. The van der Waals surface area contributed by atoms with Crippen LogP contribution in [0, 0.1) is 5.41 Å². The number of carbonyl (C=O) groups is 1. The van der Waals surface area contributed by atoms with Gasteiger partial charge in [-0.3, -0.25) is 4.79 Å². The highest BCUT2D eigenvalue weighted by molar-refractivity contribution is 9.10. The van der Waals surface area contributed by atoms with Gasteiger partial charge in [0, 0.05) is 11.1 Å². The first kappa shape index (κ1) is 22.5. The lowest BCUT2D eigenvalue weighted by molar-refractivity contribution is -0.149. The van der Waals surface area contributed by atoms with Crippen LogP contribution in [0.3, 0.4) is 0 Å². The molecule has 1 aromatic carbocycles. The third kappa shape index (κ3) is 3.40. The van der Waals surface area contributed by atoms with Gasteiger partial charge in [0.05, 0.1) is 5.92 Å². The van der Waals surface area contributed by atoms with Crippen LogP contribution >= 0.6 is 15.9 Å². The summed E-state index contributed by atoms with van der Waals surface area (Å²) < 4.78 is 36.8. The molecule has 153 valence electrons. The van der Waals surface area contributed by atoms with Crippen molar-refractivity contribution >= 4 is 30.2 Å². The third-order valence-electron chi connectivity index (χ3n) is 6.21. The molecule has 1 N–H and O–H groups in total. The summed E-state index contributed by atoms with van der Waals surface area (Å²) in [4.78, 5) is 12.0. The summed E-state index contributed by atoms with van der Waals surface area (Å²) >= 11 is 3.28. The second-order valence-electron chi connectivity index (χ2n) is 8.49. The Bertz CT molecular complexity index is 669. The average Bonchev–Trinajstić information content (AvgIpc) is 3.04. The average molecular weight is 463 g/mol. The summed E-state index contributed by atoms with van der Waals surface area (Å²) in [6.07, 6.45) is 0. The van der Waals surface area contributed by atoms with E-state index < -0.39 is 38.1 Å². The summed E-state index contributed by atoms with van der Waals surface area (Å²) in [6, 6.07) is 6.44. The van der Waals surface area contributed by atoms with Crippen molar-refractivity contribution in [1.82, 2.24) is 0 Å². The number of rotatable bonds is 8. The summed E-state index contributed by atoms with van der Waals surface area (Å²) in [7, 11) is -2.45. The number of carboxylic acid groups (broad SMARTS) is 1. The van der Waals surface area contributed by atoms with E-state index >= 15 is 0 Å². The van der Waals surface area contributed by atoms with Gasteiger partial charge in [-0.05, 0) is 26.0 Å². The highest BCUT2D eigenvalue weighted by atomic mass is 79.9. The van der Waals surface area contributed by atoms with Crippen LogP contribution in [0.25, 0.3) is 0 Å². The van der Waals surface area contributed by atoms with Crippen LogP contribution in [0.2, 0.25) is 16.6 Å². The van der Waals surface area contributed by atoms with E-state index in [9.17, 15) is 18.7 Å². The second-order valence-corrected chi connectivity index (χ2v) is 14.9. The van der Waals surface area contributed by atoms with Gasteiger partial charge in [-0.25, -0.2) is 8.78 Å². The molecule has 27 heavy (non-hydrogen) atoms. The normalized spacial score (nSPS) is 24.7. The van der Waals surface area contributed by atoms with Gasteiger partial charge in [0.15, 0.2) is 5.41 Å². The molecule has 2 rings (SSSR count). The van der Waals surface area contributed by atoms with Crippen LogP contribution in [-0.2, 0) is 9.22 Å². The topological polar surface area (TPSA) is 46.5 Å². The van der Waals surface area contributed by atoms with Crippen LogP contribution in [0.5, 0.6) is 0 Å². The molecule has 1 aliphatic carbocycles. The molecule has 0 aromatic heterocycles. The molecule has 0 radical (unpaired) electrons. The number of alkyl halides is 2. The molecule has 2 atom stereocenters. The quantitative estimate of drug-likeness (QED) is 0.451. The molecular weight excluding hydrogens is 434 g/mol. The smallest absolute Gasteiger partial charge is 0.318 e. The SMILES string of the molecule is CC(C)[Si-](OCC1(C(=O)O)C(c2ccc(Br)cc2)C1(F)F)(C(C)C)C(C)C. The number of hydrogen-bond donors (Lipinski definition) is 1. The van der Waals surface area contributed by atoms with Gasteiger partial charge in [-0.2, -0.15) is 0 Å². The largest absolute Gasteiger partial charge is 0.563 e. The Morgan fingerprint density at radius 2 is 1.56 bits per heavy atom. The van der Waals surface area contributed by atoms with Crippen LogP contribution < -0.4 is 0 Å². The van der Waals surface area contributed by atoms with E-state index in [0.29, 0.717) is 5.56 Å². The van der Waals surface area contributed by atoms with Gasteiger partial charge < -0.3 is 9.53 Å². The third-order valence-corrected chi connectivity index (χ3v) is 12.8. The van der Waals surface area contributed by atoms with Gasteiger partial charge in [0.25, 0.3) is 5.92 Å². The summed E-state index contributed by atoms with van der Waals surface area (Å²) in [5.41, 5.74) is -1.27. The molecule has 0 heterocycles. The Labute approximate surface area is 169 Å². The van der Waals surface area contributed by atoms with Crippen molar-refractivity contribution < 1.29 is 23.1 Å². The Hall–Kier alpha value is -0.793. The maximum absolute atomic E-state index is 14.9. The van der Waals surface area contributed by atoms with Crippen LogP contribution in [0.15, 0.2) is 28.7 Å². The Kier molecular flexibility index (Phi) is 6.30. The van der Waals surface area contributed by atoms with Crippen molar-refractivity contribution in [2.45, 2.75) is 70.0 Å². The summed E-state index contributed by atoms with van der Waals surface area (Å²) in [5.74, 6) is -6.19. The van der Waals surface area contributed by atoms with E-state index in [2.05, 4.69) is 57.5 Å². The lowest BCUT2D eigenvalue weighted by Gasteiger charge is -2.55. The van der Waals surface area contributed by atoms with E-state index in [1.807, 2.05) is 0 Å². The molecule has 2 unspecified atom stereocenters. The second kappa shape index (κ2) is 7.56. The Balaban J connectivity index is 2.40. The predicted octanol–water partition coefficient (Wildman–Crippen LogP) is 6.44. The van der Waals surface area contributed by atoms with Gasteiger partial charge in [-0.15, -0.1) is 16.6 Å². The molecule has 1 aromatic rings. The van der Waals surface area contributed by atoms with Gasteiger partial charge >= 0.3 is 5.97 Å². The minimum atomic E-state index is -3.34. The maximum atomic E-state index is 14.9. The van der Waals surface area contributed by atoms with E-state index in [-0.39, 0.29) is 16.6 Å². The molecule has 0 bridgehead atoms. The minimum Gasteiger partial charge on any atom is -0.563 e. The molecule has 3 nitrogen and oxygen atoms in total. The van der Waals surface area contributed by atoms with Crippen LogP contribution in [0.1, 0.15) is 53.0 Å². The van der Waals surface area contributed by atoms with Crippen molar-refractivity contribution in [3.63, 3.8) is 0 Å². The molecule has 0 amide bonds. The highest BCUT2D eigenvalue weighted by Gasteiger charge is 2.85. The zero-order chi connectivity index (χ0) is 20.8. The van der Waals surface area contributed by atoms with Crippen molar-refractivity contribution in [3.8, 4) is 0 Å². The first-order valence-corrected chi connectivity index (χ1v) is 12.3. The highest BCUT2D eigenvalue weighted by Crippen LogP contribution is 2.72. The van der Waals surface area contributed by atoms with Crippen molar-refractivity contribution in [2.24, 2.45) is 5.41 Å². The summed E-state index contributed by atoms with van der Waals surface area (Å²) in [6.45, 7) is 11.9. The fourth-order valence-corrected chi connectivity index (χ4v) is 10.6. The predicted molar refractivity (Wildman–Crippen MR) is 109 cm³/mol. The molecular formula is C20H29BrF2O3Si-. The van der Waals surface area contributed by atoms with Crippen LogP contribution in [0.4, 0.5) is 8.78 Å². The molecule has 1 saturated carbocycles. The summed E-state index contributed by atoms with van der Waals surface area (Å²) in [5, 5.41) is 9.78. The van der Waals surface area contributed by atoms with E-state index in [4.69, 9.17) is 4.43 Å². The number of aliphatic carboxylic acids is 1.